The Morgan fingerprint density at radius 3 is 2.45 bits per heavy atom. The minimum atomic E-state index is -0.259. The van der Waals surface area contributed by atoms with Gasteiger partial charge in [0.15, 0.2) is 0 Å². The molecule has 168 valence electrons. The number of aromatic amines is 1. The van der Waals surface area contributed by atoms with Crippen LogP contribution in [0.1, 0.15) is 26.4 Å². The molecule has 1 heterocycles. The summed E-state index contributed by atoms with van der Waals surface area (Å²) in [6.45, 7) is 0.480. The molecule has 4 rings (SSSR count). The zero-order valence-corrected chi connectivity index (χ0v) is 19.2. The van der Waals surface area contributed by atoms with E-state index >= 15 is 0 Å². The number of ether oxygens (including phenoxy) is 1. The van der Waals surface area contributed by atoms with E-state index in [2.05, 4.69) is 11.1 Å². The van der Waals surface area contributed by atoms with Crippen molar-refractivity contribution in [2.45, 2.75) is 13.0 Å². The van der Waals surface area contributed by atoms with Crippen LogP contribution in [0.5, 0.6) is 11.6 Å². The van der Waals surface area contributed by atoms with Crippen molar-refractivity contribution < 1.29 is 14.6 Å². The fourth-order valence-electron chi connectivity index (χ4n) is 3.64. The molecule has 33 heavy (non-hydrogen) atoms. The Morgan fingerprint density at radius 1 is 1.00 bits per heavy atom. The second-order valence-electron chi connectivity index (χ2n) is 7.75. The summed E-state index contributed by atoms with van der Waals surface area (Å²) in [5.41, 5.74) is 4.72. The molecule has 0 aliphatic carbocycles. The summed E-state index contributed by atoms with van der Waals surface area (Å²) in [6, 6.07) is 23.3. The van der Waals surface area contributed by atoms with Gasteiger partial charge in [0.2, 0.25) is 5.88 Å². The Balaban J connectivity index is 1.46. The number of H-pyrrole nitrogens is 1. The van der Waals surface area contributed by atoms with E-state index in [1.54, 1.807) is 31.2 Å². The van der Waals surface area contributed by atoms with E-state index < -0.39 is 0 Å². The van der Waals surface area contributed by atoms with Crippen molar-refractivity contribution in [1.29, 1.82) is 0 Å². The lowest BCUT2D eigenvalue weighted by Crippen LogP contribution is -2.26. The van der Waals surface area contributed by atoms with Gasteiger partial charge >= 0.3 is 4.87 Å². The quantitative estimate of drug-likeness (QED) is 0.420. The lowest BCUT2D eigenvalue weighted by molar-refractivity contribution is 0.0784. The van der Waals surface area contributed by atoms with Crippen molar-refractivity contribution in [1.82, 2.24) is 9.88 Å². The number of hydrogen-bond donors (Lipinski definition) is 2. The van der Waals surface area contributed by atoms with Gasteiger partial charge < -0.3 is 14.7 Å². The topological polar surface area (TPSA) is 82.6 Å². The number of aromatic hydroxyl groups is 1. The SMILES string of the molecule is COc1cccc(C(=O)N(C)Cc2cccc(-c3ccc(Cc4sc(=O)[nH]c4O)cc3)c2)c1. The molecule has 0 atom stereocenters. The summed E-state index contributed by atoms with van der Waals surface area (Å²) in [5, 5.41) is 9.79. The maximum Gasteiger partial charge on any atom is 0.307 e. The third-order valence-corrected chi connectivity index (χ3v) is 6.23. The number of carbonyl (C=O) groups is 1. The molecular formula is C26H24N2O4S. The molecule has 6 nitrogen and oxygen atoms in total. The Morgan fingerprint density at radius 2 is 1.76 bits per heavy atom. The van der Waals surface area contributed by atoms with Crippen LogP contribution in [-0.2, 0) is 13.0 Å². The first-order valence-corrected chi connectivity index (χ1v) is 11.2. The van der Waals surface area contributed by atoms with Gasteiger partial charge in [-0.1, -0.05) is 59.9 Å². The van der Waals surface area contributed by atoms with E-state index in [0.717, 1.165) is 33.6 Å². The van der Waals surface area contributed by atoms with Gasteiger partial charge in [-0.25, -0.2) is 0 Å². The predicted octanol–water partition coefficient (Wildman–Crippen LogP) is 4.68. The molecule has 0 radical (unpaired) electrons. The first kappa shape index (κ1) is 22.4. The smallest absolute Gasteiger partial charge is 0.307 e. The van der Waals surface area contributed by atoms with E-state index in [4.69, 9.17) is 4.74 Å². The highest BCUT2D eigenvalue weighted by molar-refractivity contribution is 7.09. The molecule has 4 aromatic rings. The third-order valence-electron chi connectivity index (χ3n) is 5.36. The van der Waals surface area contributed by atoms with Crippen LogP contribution < -0.4 is 9.61 Å². The number of carbonyl (C=O) groups excluding carboxylic acids is 1. The van der Waals surface area contributed by atoms with E-state index in [-0.39, 0.29) is 16.7 Å². The highest BCUT2D eigenvalue weighted by Gasteiger charge is 2.13. The number of hydrogen-bond acceptors (Lipinski definition) is 5. The van der Waals surface area contributed by atoms with Gasteiger partial charge in [-0.15, -0.1) is 0 Å². The van der Waals surface area contributed by atoms with Crippen molar-refractivity contribution in [2.75, 3.05) is 14.2 Å². The Bertz CT molecular complexity index is 1320. The van der Waals surface area contributed by atoms with Gasteiger partial charge in [-0.3, -0.25) is 14.6 Å². The molecule has 1 amide bonds. The van der Waals surface area contributed by atoms with Crippen LogP contribution in [-0.4, -0.2) is 35.1 Å². The van der Waals surface area contributed by atoms with Gasteiger partial charge in [0.05, 0.1) is 12.0 Å². The van der Waals surface area contributed by atoms with Crippen LogP contribution in [0.4, 0.5) is 0 Å². The van der Waals surface area contributed by atoms with Crippen molar-refractivity contribution in [2.24, 2.45) is 0 Å². The number of aromatic nitrogens is 1. The van der Waals surface area contributed by atoms with E-state index in [0.29, 0.717) is 29.2 Å². The van der Waals surface area contributed by atoms with Crippen molar-refractivity contribution in [3.8, 4) is 22.8 Å². The highest BCUT2D eigenvalue weighted by atomic mass is 32.1. The molecule has 7 heteroatoms. The third kappa shape index (κ3) is 5.32. The van der Waals surface area contributed by atoms with Gasteiger partial charge in [-0.05, 0) is 46.5 Å². The van der Waals surface area contributed by atoms with Crippen LogP contribution >= 0.6 is 11.3 Å². The second kappa shape index (κ2) is 9.75. The fourth-order valence-corrected chi connectivity index (χ4v) is 4.40. The molecule has 0 spiro atoms. The maximum absolute atomic E-state index is 12.8. The van der Waals surface area contributed by atoms with Crippen LogP contribution in [0.2, 0.25) is 0 Å². The molecule has 3 aromatic carbocycles. The average molecular weight is 461 g/mol. The summed E-state index contributed by atoms with van der Waals surface area (Å²) in [4.78, 5) is 28.6. The summed E-state index contributed by atoms with van der Waals surface area (Å²) in [6.07, 6.45) is 0.493. The van der Waals surface area contributed by atoms with Gasteiger partial charge in [0.25, 0.3) is 5.91 Å². The van der Waals surface area contributed by atoms with Crippen molar-refractivity contribution in [3.63, 3.8) is 0 Å². The Hall–Kier alpha value is -3.84. The minimum absolute atomic E-state index is 0.0607. The molecule has 0 aliphatic heterocycles. The van der Waals surface area contributed by atoms with E-state index in [9.17, 15) is 14.7 Å². The zero-order chi connectivity index (χ0) is 23.4. The molecule has 2 N–H and O–H groups in total. The Kier molecular flexibility index (Phi) is 6.60. The van der Waals surface area contributed by atoms with Crippen LogP contribution in [0.15, 0.2) is 77.6 Å². The largest absolute Gasteiger partial charge is 0.497 e. The molecule has 0 saturated heterocycles. The monoisotopic (exact) mass is 460 g/mol. The summed E-state index contributed by atoms with van der Waals surface area (Å²) in [5.74, 6) is 0.522. The normalized spacial score (nSPS) is 10.7. The molecule has 0 saturated carbocycles. The van der Waals surface area contributed by atoms with Gasteiger partial charge in [-0.2, -0.15) is 0 Å². The van der Waals surface area contributed by atoms with Gasteiger partial charge in [0.1, 0.15) is 5.75 Å². The van der Waals surface area contributed by atoms with Crippen LogP contribution in [0, 0.1) is 0 Å². The molecule has 0 unspecified atom stereocenters. The summed E-state index contributed by atoms with van der Waals surface area (Å²) >= 11 is 1.02. The molecule has 1 aromatic heterocycles. The Labute approximate surface area is 195 Å². The number of thiazole rings is 1. The fraction of sp³-hybridized carbons (Fsp3) is 0.154. The maximum atomic E-state index is 12.8. The van der Waals surface area contributed by atoms with E-state index in [1.165, 1.54) is 0 Å². The number of nitrogens with zero attached hydrogens (tertiary/aromatic N) is 1. The number of benzene rings is 3. The first-order chi connectivity index (χ1) is 15.9. The standard InChI is InChI=1S/C26H24N2O4S/c1-28(25(30)21-7-4-8-22(15-21)32-2)16-18-5-3-6-20(13-18)19-11-9-17(10-12-19)14-23-24(29)27-26(31)33-23/h3-13,15,29H,14,16H2,1-2H3,(H,27,31). The van der Waals surface area contributed by atoms with Crippen molar-refractivity contribution >= 4 is 17.2 Å². The van der Waals surface area contributed by atoms with E-state index in [1.807, 2.05) is 54.6 Å². The predicted molar refractivity (Wildman–Crippen MR) is 130 cm³/mol. The van der Waals surface area contributed by atoms with Gasteiger partial charge in [0, 0.05) is 25.6 Å². The lowest BCUT2D eigenvalue weighted by atomic mass is 10.0. The molecular weight excluding hydrogens is 436 g/mol. The highest BCUT2D eigenvalue weighted by Crippen LogP contribution is 2.25. The van der Waals surface area contributed by atoms with Crippen molar-refractivity contribution in [3.05, 3.63) is 104 Å². The number of nitrogens with one attached hydrogen (secondary N) is 1. The number of rotatable bonds is 7. The second-order valence-corrected chi connectivity index (χ2v) is 8.82. The zero-order valence-electron chi connectivity index (χ0n) is 18.4. The summed E-state index contributed by atoms with van der Waals surface area (Å²) in [7, 11) is 3.37. The molecule has 0 fully saturated rings. The van der Waals surface area contributed by atoms with Crippen LogP contribution in [0.3, 0.4) is 0 Å². The minimum Gasteiger partial charge on any atom is -0.497 e. The number of methoxy groups -OCH3 is 1. The molecule has 0 bridgehead atoms. The summed E-state index contributed by atoms with van der Waals surface area (Å²) < 4.78 is 5.22. The molecule has 0 aliphatic rings. The van der Waals surface area contributed by atoms with Crippen LogP contribution in [0.25, 0.3) is 11.1 Å². The number of amides is 1. The lowest BCUT2D eigenvalue weighted by Gasteiger charge is -2.18. The average Bonchev–Trinajstić information content (AvgIpc) is 3.15. The first-order valence-electron chi connectivity index (χ1n) is 10.4.